The van der Waals surface area contributed by atoms with Gasteiger partial charge < -0.3 is 20.3 Å². The summed E-state index contributed by atoms with van der Waals surface area (Å²) in [7, 11) is 5.29. The smallest absolute Gasteiger partial charge is 0.253 e. The van der Waals surface area contributed by atoms with Crippen LogP contribution in [0, 0.1) is 5.92 Å². The predicted molar refractivity (Wildman–Crippen MR) is 143 cm³/mol. The summed E-state index contributed by atoms with van der Waals surface area (Å²) in [5, 5.41) is 6.77. The van der Waals surface area contributed by atoms with E-state index < -0.39 is 0 Å². The molecule has 176 valence electrons. The second kappa shape index (κ2) is 14.0. The van der Waals surface area contributed by atoms with Crippen molar-refractivity contribution in [3.8, 4) is 5.75 Å². The van der Waals surface area contributed by atoms with Crippen molar-refractivity contribution in [3.05, 3.63) is 65.2 Å². The average Bonchev–Trinajstić information content (AvgIpc) is 2.76. The fourth-order valence-electron chi connectivity index (χ4n) is 3.04. The highest BCUT2D eigenvalue weighted by Crippen LogP contribution is 2.18. The lowest BCUT2D eigenvalue weighted by molar-refractivity contribution is 0.0827. The molecule has 0 bridgehead atoms. The van der Waals surface area contributed by atoms with Crippen molar-refractivity contribution in [1.82, 2.24) is 15.5 Å². The van der Waals surface area contributed by atoms with Gasteiger partial charge in [-0.3, -0.25) is 9.79 Å². The maximum atomic E-state index is 12.1. The van der Waals surface area contributed by atoms with Gasteiger partial charge in [0.15, 0.2) is 5.96 Å². The molecule has 7 heteroatoms. The van der Waals surface area contributed by atoms with E-state index in [0.717, 1.165) is 35.9 Å². The van der Waals surface area contributed by atoms with Crippen molar-refractivity contribution in [2.45, 2.75) is 33.2 Å². The standard InChI is InChI=1S/C25H36N4O2.HI/c1-18(2)17-31-23-12-10-21(11-13-23)19(3)28-25(26-4)27-15-14-20-8-7-9-22(16-20)24(30)29(5)6;/h7-13,16,18-19H,14-15,17H2,1-6H3,(H2,26,27,28);1H. The van der Waals surface area contributed by atoms with Gasteiger partial charge in [0.1, 0.15) is 5.75 Å². The second-order valence-electron chi connectivity index (χ2n) is 8.29. The van der Waals surface area contributed by atoms with E-state index in [1.807, 2.05) is 36.4 Å². The van der Waals surface area contributed by atoms with Gasteiger partial charge in [-0.05, 0) is 54.7 Å². The minimum Gasteiger partial charge on any atom is -0.493 e. The first-order valence-electron chi connectivity index (χ1n) is 10.8. The van der Waals surface area contributed by atoms with Crippen LogP contribution in [0.3, 0.4) is 0 Å². The number of hydrogen-bond donors (Lipinski definition) is 2. The van der Waals surface area contributed by atoms with E-state index in [4.69, 9.17) is 4.74 Å². The number of benzene rings is 2. The summed E-state index contributed by atoms with van der Waals surface area (Å²) in [4.78, 5) is 18.1. The molecule has 0 heterocycles. The van der Waals surface area contributed by atoms with E-state index in [2.05, 4.69) is 48.5 Å². The number of ether oxygens (including phenoxy) is 1. The van der Waals surface area contributed by atoms with Gasteiger partial charge in [-0.2, -0.15) is 0 Å². The Morgan fingerprint density at radius 2 is 1.78 bits per heavy atom. The lowest BCUT2D eigenvalue weighted by Gasteiger charge is -2.19. The Labute approximate surface area is 209 Å². The molecule has 0 spiro atoms. The van der Waals surface area contributed by atoms with Crippen molar-refractivity contribution in [3.63, 3.8) is 0 Å². The third-order valence-corrected chi connectivity index (χ3v) is 4.83. The van der Waals surface area contributed by atoms with Crippen molar-refractivity contribution >= 4 is 35.8 Å². The van der Waals surface area contributed by atoms with Gasteiger partial charge in [-0.15, -0.1) is 24.0 Å². The van der Waals surface area contributed by atoms with Crippen molar-refractivity contribution in [2.75, 3.05) is 34.3 Å². The summed E-state index contributed by atoms with van der Waals surface area (Å²) >= 11 is 0. The molecule has 2 aromatic carbocycles. The number of rotatable bonds is 9. The SMILES string of the molecule is CN=C(NCCc1cccc(C(=O)N(C)C)c1)NC(C)c1ccc(OCC(C)C)cc1.I. The number of guanidine groups is 1. The first-order chi connectivity index (χ1) is 14.8. The third-order valence-electron chi connectivity index (χ3n) is 4.83. The molecule has 2 N–H and O–H groups in total. The van der Waals surface area contributed by atoms with Gasteiger partial charge in [0.2, 0.25) is 0 Å². The maximum absolute atomic E-state index is 12.1. The fraction of sp³-hybridized carbons (Fsp3) is 0.440. The molecule has 1 atom stereocenters. The molecule has 0 saturated heterocycles. The Balaban J connectivity index is 0.00000512. The lowest BCUT2D eigenvalue weighted by atomic mass is 10.1. The summed E-state index contributed by atoms with van der Waals surface area (Å²) in [6.07, 6.45) is 0.797. The highest BCUT2D eigenvalue weighted by atomic mass is 127. The molecule has 1 unspecified atom stereocenters. The van der Waals surface area contributed by atoms with E-state index >= 15 is 0 Å². The van der Waals surface area contributed by atoms with E-state index in [9.17, 15) is 4.79 Å². The number of nitrogens with one attached hydrogen (secondary N) is 2. The van der Waals surface area contributed by atoms with Crippen molar-refractivity contribution in [2.24, 2.45) is 10.9 Å². The Morgan fingerprint density at radius 3 is 2.38 bits per heavy atom. The predicted octanol–water partition coefficient (Wildman–Crippen LogP) is 4.51. The van der Waals surface area contributed by atoms with E-state index in [-0.39, 0.29) is 35.9 Å². The Hall–Kier alpha value is -2.29. The highest BCUT2D eigenvalue weighted by molar-refractivity contribution is 14.0. The van der Waals surface area contributed by atoms with Crippen LogP contribution in [0.15, 0.2) is 53.5 Å². The molecule has 2 aromatic rings. The summed E-state index contributed by atoms with van der Waals surface area (Å²) in [5.41, 5.74) is 2.98. The molecule has 2 rings (SSSR count). The normalized spacial score (nSPS) is 12.0. The zero-order chi connectivity index (χ0) is 22.8. The lowest BCUT2D eigenvalue weighted by Crippen LogP contribution is -2.39. The summed E-state index contributed by atoms with van der Waals surface area (Å²) in [5.74, 6) is 2.16. The van der Waals surface area contributed by atoms with Crippen LogP contribution >= 0.6 is 24.0 Å². The summed E-state index contributed by atoms with van der Waals surface area (Å²) < 4.78 is 5.76. The van der Waals surface area contributed by atoms with Crippen molar-refractivity contribution in [1.29, 1.82) is 0 Å². The number of nitrogens with zero attached hydrogens (tertiary/aromatic N) is 2. The summed E-state index contributed by atoms with van der Waals surface area (Å²) in [6, 6.07) is 16.0. The van der Waals surface area contributed by atoms with Crippen LogP contribution in [0.2, 0.25) is 0 Å². The van der Waals surface area contributed by atoms with E-state index in [1.165, 1.54) is 0 Å². The third kappa shape index (κ3) is 9.06. The zero-order valence-electron chi connectivity index (χ0n) is 20.0. The quantitative estimate of drug-likeness (QED) is 0.273. The molecule has 1 amide bonds. The minimum absolute atomic E-state index is 0. The van der Waals surface area contributed by atoms with Crippen LogP contribution in [-0.4, -0.2) is 51.1 Å². The fourth-order valence-corrected chi connectivity index (χ4v) is 3.04. The molecular formula is C25H37IN4O2. The van der Waals surface area contributed by atoms with E-state index in [1.54, 1.807) is 26.0 Å². The van der Waals surface area contributed by atoms with E-state index in [0.29, 0.717) is 18.0 Å². The largest absolute Gasteiger partial charge is 0.493 e. The summed E-state index contributed by atoms with van der Waals surface area (Å²) in [6.45, 7) is 7.81. The molecule has 0 saturated carbocycles. The first-order valence-corrected chi connectivity index (χ1v) is 10.8. The van der Waals surface area contributed by atoms with Crippen molar-refractivity contribution < 1.29 is 9.53 Å². The first kappa shape index (κ1) is 27.7. The van der Waals surface area contributed by atoms with Crippen LogP contribution < -0.4 is 15.4 Å². The van der Waals surface area contributed by atoms with Crippen LogP contribution in [0.25, 0.3) is 0 Å². The van der Waals surface area contributed by atoms with Gasteiger partial charge >= 0.3 is 0 Å². The Bertz CT molecular complexity index is 867. The molecule has 0 aliphatic heterocycles. The zero-order valence-corrected chi connectivity index (χ0v) is 22.3. The van der Waals surface area contributed by atoms with Gasteiger partial charge in [0.25, 0.3) is 5.91 Å². The van der Waals surface area contributed by atoms with Gasteiger partial charge in [-0.1, -0.05) is 38.1 Å². The maximum Gasteiger partial charge on any atom is 0.253 e. The molecule has 0 aliphatic rings. The molecule has 0 fully saturated rings. The molecule has 0 aliphatic carbocycles. The van der Waals surface area contributed by atoms with Gasteiger partial charge in [0.05, 0.1) is 12.6 Å². The average molecular weight is 553 g/mol. The molecular weight excluding hydrogens is 515 g/mol. The second-order valence-corrected chi connectivity index (χ2v) is 8.29. The van der Waals surface area contributed by atoms with Crippen LogP contribution in [0.1, 0.15) is 48.3 Å². The highest BCUT2D eigenvalue weighted by Gasteiger charge is 2.10. The monoisotopic (exact) mass is 552 g/mol. The number of carbonyl (C=O) groups is 1. The number of aliphatic imine (C=N–C) groups is 1. The van der Waals surface area contributed by atoms with Crippen LogP contribution in [0.5, 0.6) is 5.75 Å². The minimum atomic E-state index is 0. The van der Waals surface area contributed by atoms with Gasteiger partial charge in [0, 0.05) is 33.3 Å². The molecule has 32 heavy (non-hydrogen) atoms. The Morgan fingerprint density at radius 1 is 1.09 bits per heavy atom. The topological polar surface area (TPSA) is 66.0 Å². The van der Waals surface area contributed by atoms with Gasteiger partial charge in [-0.25, -0.2) is 0 Å². The number of halogens is 1. The number of carbonyl (C=O) groups excluding carboxylic acids is 1. The van der Waals surface area contributed by atoms with Crippen LogP contribution in [0.4, 0.5) is 0 Å². The molecule has 0 radical (unpaired) electrons. The number of hydrogen-bond acceptors (Lipinski definition) is 3. The van der Waals surface area contributed by atoms with Crippen LogP contribution in [-0.2, 0) is 6.42 Å². The number of amides is 1. The Kier molecular flexibility index (Phi) is 12.1. The molecule has 0 aromatic heterocycles. The molecule has 6 nitrogen and oxygen atoms in total.